The largest absolute Gasteiger partial charge is 0.477 e. The molecule has 4 heteroatoms. The molecule has 1 aromatic rings. The average Bonchev–Trinajstić information content (AvgIpc) is 2.09. The first-order chi connectivity index (χ1) is 6.35. The lowest BCUT2D eigenvalue weighted by Crippen LogP contribution is -2.25. The maximum absolute atomic E-state index is 13.0. The second-order valence-corrected chi connectivity index (χ2v) is 3.18. The van der Waals surface area contributed by atoms with Gasteiger partial charge in [-0.3, -0.25) is 0 Å². The fourth-order valence-electron chi connectivity index (χ4n) is 1.06. The van der Waals surface area contributed by atoms with Crippen molar-refractivity contribution in [2.24, 2.45) is 0 Å². The number of hydrogen-bond donors (Lipinski definition) is 1. The predicted molar refractivity (Wildman–Crippen MR) is 47.4 cm³/mol. The van der Waals surface area contributed by atoms with Gasteiger partial charge in [0.15, 0.2) is 0 Å². The van der Waals surface area contributed by atoms with Gasteiger partial charge in [-0.05, 0) is 31.0 Å². The molecule has 0 fully saturated rings. The Morgan fingerprint density at radius 3 is 2.29 bits per heavy atom. The highest BCUT2D eigenvalue weighted by atomic mass is 19.3. The number of benzene rings is 1. The molecule has 1 N–H and O–H groups in total. The molecule has 0 radical (unpaired) electrons. The first-order valence-corrected chi connectivity index (χ1v) is 4.04. The van der Waals surface area contributed by atoms with Crippen molar-refractivity contribution in [1.29, 1.82) is 0 Å². The Balaban J connectivity index is 3.21. The lowest BCUT2D eigenvalue weighted by Gasteiger charge is -2.12. The predicted octanol–water partition coefficient (Wildman–Crippen LogP) is 2.48. The molecule has 0 saturated carbocycles. The van der Waals surface area contributed by atoms with Crippen LogP contribution in [0.15, 0.2) is 18.2 Å². The first-order valence-electron chi connectivity index (χ1n) is 4.04. The second-order valence-electron chi connectivity index (χ2n) is 3.18. The molecule has 0 aliphatic heterocycles. The van der Waals surface area contributed by atoms with Crippen molar-refractivity contribution in [3.05, 3.63) is 34.9 Å². The fraction of sp³-hybridized carbons (Fsp3) is 0.300. The molecule has 0 spiro atoms. The Hall–Kier alpha value is -1.45. The summed E-state index contributed by atoms with van der Waals surface area (Å²) in [5.74, 6) is -5.93. The van der Waals surface area contributed by atoms with E-state index >= 15 is 0 Å². The second kappa shape index (κ2) is 3.36. The molecule has 0 atom stereocenters. The first kappa shape index (κ1) is 10.6. The summed E-state index contributed by atoms with van der Waals surface area (Å²) in [6.45, 7) is 3.44. The van der Waals surface area contributed by atoms with Crippen LogP contribution in [0.4, 0.5) is 8.78 Å². The van der Waals surface area contributed by atoms with Gasteiger partial charge in [-0.2, -0.15) is 8.78 Å². The smallest absolute Gasteiger partial charge is 0.379 e. The minimum atomic E-state index is -3.81. The summed E-state index contributed by atoms with van der Waals surface area (Å²) < 4.78 is 26.0. The van der Waals surface area contributed by atoms with Crippen molar-refractivity contribution in [2.45, 2.75) is 19.8 Å². The Morgan fingerprint density at radius 1 is 1.29 bits per heavy atom. The van der Waals surface area contributed by atoms with Crippen LogP contribution in [-0.4, -0.2) is 11.1 Å². The van der Waals surface area contributed by atoms with E-state index in [0.717, 1.165) is 11.6 Å². The highest BCUT2D eigenvalue weighted by Crippen LogP contribution is 2.29. The van der Waals surface area contributed by atoms with E-state index in [9.17, 15) is 13.6 Å². The van der Waals surface area contributed by atoms with Gasteiger partial charge in [0, 0.05) is 5.56 Å². The molecule has 0 unspecified atom stereocenters. The molecular formula is C10H10F2O2. The number of halogens is 2. The zero-order valence-electron chi connectivity index (χ0n) is 7.84. The number of carbonyl (C=O) groups is 1. The van der Waals surface area contributed by atoms with Gasteiger partial charge < -0.3 is 5.11 Å². The molecule has 0 heterocycles. The maximum atomic E-state index is 13.0. The van der Waals surface area contributed by atoms with E-state index in [1.807, 2.05) is 0 Å². The third kappa shape index (κ3) is 1.73. The van der Waals surface area contributed by atoms with E-state index in [-0.39, 0.29) is 0 Å². The van der Waals surface area contributed by atoms with E-state index in [2.05, 4.69) is 0 Å². The van der Waals surface area contributed by atoms with E-state index in [4.69, 9.17) is 5.11 Å². The van der Waals surface area contributed by atoms with Crippen molar-refractivity contribution in [1.82, 2.24) is 0 Å². The summed E-state index contributed by atoms with van der Waals surface area (Å²) >= 11 is 0. The highest BCUT2D eigenvalue weighted by molar-refractivity contribution is 5.77. The molecule has 0 saturated heterocycles. The third-order valence-corrected chi connectivity index (χ3v) is 2.14. The molecular weight excluding hydrogens is 190 g/mol. The Morgan fingerprint density at radius 2 is 1.86 bits per heavy atom. The molecule has 1 aromatic carbocycles. The minimum absolute atomic E-state index is 0.479. The standard InChI is InChI=1S/C10H10F2O2/c1-6-3-4-8(5-7(6)2)10(11,12)9(13)14/h3-5H,1-2H3,(H,13,14). The highest BCUT2D eigenvalue weighted by Gasteiger charge is 2.40. The zero-order chi connectivity index (χ0) is 10.9. The Bertz CT molecular complexity index is 372. The molecule has 0 aromatic heterocycles. The quantitative estimate of drug-likeness (QED) is 0.796. The van der Waals surface area contributed by atoms with E-state index < -0.39 is 17.5 Å². The molecule has 1 rings (SSSR count). The Labute approximate surface area is 80.2 Å². The summed E-state index contributed by atoms with van der Waals surface area (Å²) in [4.78, 5) is 10.3. The van der Waals surface area contributed by atoms with Gasteiger partial charge in [0.2, 0.25) is 0 Å². The van der Waals surface area contributed by atoms with Crippen LogP contribution in [-0.2, 0) is 10.7 Å². The van der Waals surface area contributed by atoms with Gasteiger partial charge in [-0.25, -0.2) is 4.79 Å². The van der Waals surface area contributed by atoms with Crippen LogP contribution in [0.25, 0.3) is 0 Å². The van der Waals surface area contributed by atoms with Gasteiger partial charge in [0.05, 0.1) is 0 Å². The number of alkyl halides is 2. The zero-order valence-corrected chi connectivity index (χ0v) is 7.84. The van der Waals surface area contributed by atoms with Gasteiger partial charge in [-0.1, -0.05) is 12.1 Å². The van der Waals surface area contributed by atoms with Crippen molar-refractivity contribution in [3.63, 3.8) is 0 Å². The van der Waals surface area contributed by atoms with Gasteiger partial charge >= 0.3 is 11.9 Å². The van der Waals surface area contributed by atoms with Crippen LogP contribution in [0, 0.1) is 13.8 Å². The normalized spacial score (nSPS) is 11.4. The van der Waals surface area contributed by atoms with E-state index in [0.29, 0.717) is 5.56 Å². The minimum Gasteiger partial charge on any atom is -0.477 e. The SMILES string of the molecule is Cc1ccc(C(F)(F)C(=O)O)cc1C. The van der Waals surface area contributed by atoms with Crippen LogP contribution in [0.2, 0.25) is 0 Å². The van der Waals surface area contributed by atoms with Crippen LogP contribution in [0.5, 0.6) is 0 Å². The lowest BCUT2D eigenvalue weighted by molar-refractivity contribution is -0.166. The van der Waals surface area contributed by atoms with Crippen LogP contribution < -0.4 is 0 Å². The summed E-state index contributed by atoms with van der Waals surface area (Å²) in [6, 6.07) is 3.82. The summed E-state index contributed by atoms with van der Waals surface area (Å²) in [5, 5.41) is 8.30. The van der Waals surface area contributed by atoms with Crippen molar-refractivity contribution < 1.29 is 18.7 Å². The average molecular weight is 200 g/mol. The van der Waals surface area contributed by atoms with Gasteiger partial charge in [0.25, 0.3) is 0 Å². The van der Waals surface area contributed by atoms with Crippen LogP contribution >= 0.6 is 0 Å². The van der Waals surface area contributed by atoms with E-state index in [1.165, 1.54) is 12.1 Å². The topological polar surface area (TPSA) is 37.3 Å². The monoisotopic (exact) mass is 200 g/mol. The fourth-order valence-corrected chi connectivity index (χ4v) is 1.06. The number of aliphatic carboxylic acids is 1. The maximum Gasteiger partial charge on any atom is 0.379 e. The van der Waals surface area contributed by atoms with Gasteiger partial charge in [-0.15, -0.1) is 0 Å². The molecule has 0 amide bonds. The molecule has 14 heavy (non-hydrogen) atoms. The molecule has 0 aliphatic carbocycles. The molecule has 76 valence electrons. The summed E-state index contributed by atoms with van der Waals surface area (Å²) in [5.41, 5.74) is 1.03. The van der Waals surface area contributed by atoms with E-state index in [1.54, 1.807) is 13.8 Å². The van der Waals surface area contributed by atoms with Crippen LogP contribution in [0.1, 0.15) is 16.7 Å². The molecule has 0 aliphatic rings. The van der Waals surface area contributed by atoms with Crippen molar-refractivity contribution >= 4 is 5.97 Å². The van der Waals surface area contributed by atoms with Gasteiger partial charge in [0.1, 0.15) is 0 Å². The number of carboxylic acid groups (broad SMARTS) is 1. The Kier molecular flexibility index (Phi) is 2.55. The summed E-state index contributed by atoms with van der Waals surface area (Å²) in [7, 11) is 0. The summed E-state index contributed by atoms with van der Waals surface area (Å²) in [6.07, 6.45) is 0. The van der Waals surface area contributed by atoms with Crippen LogP contribution in [0.3, 0.4) is 0 Å². The number of hydrogen-bond acceptors (Lipinski definition) is 1. The molecule has 0 bridgehead atoms. The van der Waals surface area contributed by atoms with Crippen molar-refractivity contribution in [2.75, 3.05) is 0 Å². The number of carboxylic acids is 1. The number of rotatable bonds is 2. The molecule has 2 nitrogen and oxygen atoms in total. The van der Waals surface area contributed by atoms with Crippen molar-refractivity contribution in [3.8, 4) is 0 Å². The lowest BCUT2D eigenvalue weighted by atomic mass is 10.0. The third-order valence-electron chi connectivity index (χ3n) is 2.14. The number of aryl methyl sites for hydroxylation is 2.